The predicted octanol–water partition coefficient (Wildman–Crippen LogP) is 2.12. The third-order valence-electron chi connectivity index (χ3n) is 3.46. The lowest BCUT2D eigenvalue weighted by Crippen LogP contribution is -2.25. The lowest BCUT2D eigenvalue weighted by atomic mass is 10.1. The Balaban J connectivity index is 2.54. The predicted molar refractivity (Wildman–Crippen MR) is 89.5 cm³/mol. The second kappa shape index (κ2) is 5.94. The fourth-order valence-electron chi connectivity index (χ4n) is 2.55. The van der Waals surface area contributed by atoms with E-state index in [1.54, 1.807) is 30.7 Å². The van der Waals surface area contributed by atoms with E-state index in [9.17, 15) is 13.2 Å². The summed E-state index contributed by atoms with van der Waals surface area (Å²) in [6.07, 6.45) is 0. The van der Waals surface area contributed by atoms with E-state index < -0.39 is 16.0 Å². The fourth-order valence-corrected chi connectivity index (χ4v) is 3.86. The number of para-hydroxylation sites is 1. The summed E-state index contributed by atoms with van der Waals surface area (Å²) in [5, 5.41) is 4.31. The van der Waals surface area contributed by atoms with Gasteiger partial charge in [0.2, 0.25) is 0 Å². The summed E-state index contributed by atoms with van der Waals surface area (Å²) in [7, 11) is -4.16. The highest BCUT2D eigenvalue weighted by atomic mass is 32.2. The Hall–Kier alpha value is -2.35. The van der Waals surface area contributed by atoms with Crippen LogP contribution in [0.3, 0.4) is 0 Å². The van der Waals surface area contributed by atoms with Crippen LogP contribution in [0.15, 0.2) is 29.2 Å². The highest BCUT2D eigenvalue weighted by Crippen LogP contribution is 2.28. The van der Waals surface area contributed by atoms with Crippen LogP contribution >= 0.6 is 0 Å². The maximum Gasteiger partial charge on any atom is 0.342 e. The maximum absolute atomic E-state index is 12.7. The molecule has 0 unspecified atom stereocenters. The highest BCUT2D eigenvalue weighted by Gasteiger charge is 2.30. The molecule has 8 heteroatoms. The van der Waals surface area contributed by atoms with Crippen molar-refractivity contribution in [3.8, 4) is 5.75 Å². The molecule has 0 fully saturated rings. The molecule has 0 bridgehead atoms. The first kappa shape index (κ1) is 18.0. The summed E-state index contributed by atoms with van der Waals surface area (Å²) >= 11 is 0. The van der Waals surface area contributed by atoms with Gasteiger partial charge >= 0.3 is 10.1 Å². The van der Waals surface area contributed by atoms with E-state index >= 15 is 0 Å². The summed E-state index contributed by atoms with van der Waals surface area (Å²) in [5.41, 5.74) is 5.68. The van der Waals surface area contributed by atoms with E-state index in [2.05, 4.69) is 5.10 Å². The quantitative estimate of drug-likeness (QED) is 0.850. The molecular formula is C16H21N3O4S. The number of primary amides is 1. The number of amides is 1. The van der Waals surface area contributed by atoms with Crippen molar-refractivity contribution >= 4 is 16.0 Å². The van der Waals surface area contributed by atoms with Crippen LogP contribution in [0.1, 0.15) is 42.5 Å². The molecule has 7 nitrogen and oxygen atoms in total. The van der Waals surface area contributed by atoms with Crippen LogP contribution in [0.25, 0.3) is 0 Å². The van der Waals surface area contributed by atoms with Gasteiger partial charge in [-0.1, -0.05) is 12.1 Å². The Labute approximate surface area is 141 Å². The van der Waals surface area contributed by atoms with E-state index in [1.807, 2.05) is 20.8 Å². The van der Waals surface area contributed by atoms with Crippen molar-refractivity contribution in [2.24, 2.45) is 5.73 Å². The van der Waals surface area contributed by atoms with Crippen LogP contribution in [0, 0.1) is 13.8 Å². The Morgan fingerprint density at radius 2 is 1.79 bits per heavy atom. The third kappa shape index (κ3) is 3.28. The Kier molecular flexibility index (Phi) is 4.45. The molecule has 0 saturated heterocycles. The van der Waals surface area contributed by atoms with Gasteiger partial charge in [-0.2, -0.15) is 13.5 Å². The molecule has 0 saturated carbocycles. The summed E-state index contributed by atoms with van der Waals surface area (Å²) in [4.78, 5) is 11.4. The molecule has 1 aromatic carbocycles. The number of rotatable bonds is 4. The maximum atomic E-state index is 12.7. The monoisotopic (exact) mass is 351 g/mol. The lowest BCUT2D eigenvalue weighted by molar-refractivity contribution is 0.0999. The van der Waals surface area contributed by atoms with Crippen molar-refractivity contribution in [1.82, 2.24) is 9.78 Å². The first-order chi connectivity index (χ1) is 10.9. The van der Waals surface area contributed by atoms with Crippen LogP contribution in [-0.4, -0.2) is 24.1 Å². The SMILES string of the molecule is Cc1nn(C(C)(C)C)c(C)c1S(=O)(=O)Oc1ccccc1C(N)=O. The first-order valence-corrected chi connectivity index (χ1v) is 8.76. The molecule has 0 aliphatic rings. The normalized spacial score (nSPS) is 12.2. The lowest BCUT2D eigenvalue weighted by Gasteiger charge is -2.21. The largest absolute Gasteiger partial charge is 0.378 e. The average Bonchev–Trinajstić information content (AvgIpc) is 2.74. The van der Waals surface area contributed by atoms with Crippen molar-refractivity contribution in [2.45, 2.75) is 45.1 Å². The molecule has 1 aromatic heterocycles. The number of carbonyl (C=O) groups excluding carboxylic acids is 1. The van der Waals surface area contributed by atoms with E-state index in [1.165, 1.54) is 12.1 Å². The molecule has 130 valence electrons. The number of nitrogens with two attached hydrogens (primary N) is 1. The first-order valence-electron chi connectivity index (χ1n) is 7.35. The summed E-state index contributed by atoms with van der Waals surface area (Å²) < 4.78 is 32.3. The summed E-state index contributed by atoms with van der Waals surface area (Å²) in [6.45, 7) is 9.04. The zero-order chi connectivity index (χ0) is 18.3. The van der Waals surface area contributed by atoms with Crippen molar-refractivity contribution in [1.29, 1.82) is 0 Å². The molecule has 1 heterocycles. The molecule has 0 spiro atoms. The van der Waals surface area contributed by atoms with E-state index in [-0.39, 0.29) is 21.7 Å². The van der Waals surface area contributed by atoms with E-state index in [0.29, 0.717) is 11.4 Å². The Morgan fingerprint density at radius 3 is 2.29 bits per heavy atom. The molecule has 0 aliphatic heterocycles. The standard InChI is InChI=1S/C16H21N3O4S/c1-10-14(11(2)19(18-10)16(3,4)5)24(21,22)23-13-9-7-6-8-12(13)15(17)20/h6-9H,1-5H3,(H2,17,20). The minimum atomic E-state index is -4.16. The van der Waals surface area contributed by atoms with Gasteiger partial charge in [0.15, 0.2) is 5.75 Å². The van der Waals surface area contributed by atoms with E-state index in [4.69, 9.17) is 9.92 Å². The van der Waals surface area contributed by atoms with Gasteiger partial charge in [0.05, 0.1) is 22.5 Å². The summed E-state index contributed by atoms with van der Waals surface area (Å²) in [5.74, 6) is -0.869. The molecule has 1 amide bonds. The number of hydrogen-bond acceptors (Lipinski definition) is 5. The van der Waals surface area contributed by atoms with Gasteiger partial charge < -0.3 is 9.92 Å². The van der Waals surface area contributed by atoms with Gasteiger partial charge in [0, 0.05) is 0 Å². The second-order valence-corrected chi connectivity index (χ2v) is 7.96. The smallest absolute Gasteiger partial charge is 0.342 e. The zero-order valence-electron chi connectivity index (χ0n) is 14.3. The average molecular weight is 351 g/mol. The minimum Gasteiger partial charge on any atom is -0.378 e. The number of aryl methyl sites for hydroxylation is 1. The van der Waals surface area contributed by atoms with Gasteiger partial charge in [-0.3, -0.25) is 9.48 Å². The van der Waals surface area contributed by atoms with Crippen LogP contribution in [-0.2, 0) is 15.7 Å². The van der Waals surface area contributed by atoms with Crippen molar-refractivity contribution < 1.29 is 17.4 Å². The van der Waals surface area contributed by atoms with Crippen molar-refractivity contribution in [2.75, 3.05) is 0 Å². The molecule has 2 rings (SSSR count). The second-order valence-electron chi connectivity index (χ2n) is 6.48. The number of aromatic nitrogens is 2. The van der Waals surface area contributed by atoms with Crippen molar-refractivity contribution in [3.05, 3.63) is 41.2 Å². The molecular weight excluding hydrogens is 330 g/mol. The highest BCUT2D eigenvalue weighted by molar-refractivity contribution is 7.87. The molecule has 0 radical (unpaired) electrons. The third-order valence-corrected chi connectivity index (χ3v) is 4.95. The molecule has 24 heavy (non-hydrogen) atoms. The van der Waals surface area contributed by atoms with Crippen LogP contribution in [0.5, 0.6) is 5.75 Å². The fraction of sp³-hybridized carbons (Fsp3) is 0.375. The minimum absolute atomic E-state index is 0.000376. The van der Waals surface area contributed by atoms with Gasteiger partial charge in [-0.05, 0) is 46.8 Å². The summed E-state index contributed by atoms with van der Waals surface area (Å²) in [6, 6.07) is 5.94. The number of nitrogens with zero attached hydrogens (tertiary/aromatic N) is 2. The van der Waals surface area contributed by atoms with Crippen LogP contribution in [0.4, 0.5) is 0 Å². The van der Waals surface area contributed by atoms with Gasteiger partial charge in [0.1, 0.15) is 4.90 Å². The molecule has 0 atom stereocenters. The Bertz CT molecular complexity index is 893. The van der Waals surface area contributed by atoms with Gasteiger partial charge in [-0.25, -0.2) is 0 Å². The zero-order valence-corrected chi connectivity index (χ0v) is 15.1. The molecule has 0 aliphatic carbocycles. The van der Waals surface area contributed by atoms with Crippen molar-refractivity contribution in [3.63, 3.8) is 0 Å². The number of benzene rings is 1. The number of carbonyl (C=O) groups is 1. The van der Waals surface area contributed by atoms with E-state index in [0.717, 1.165) is 0 Å². The van der Waals surface area contributed by atoms with Gasteiger partial charge in [0.25, 0.3) is 5.91 Å². The molecule has 2 aromatic rings. The van der Waals surface area contributed by atoms with Gasteiger partial charge in [-0.15, -0.1) is 0 Å². The molecule has 2 N–H and O–H groups in total. The number of hydrogen-bond donors (Lipinski definition) is 1. The van der Waals surface area contributed by atoms with Crippen LogP contribution in [0.2, 0.25) is 0 Å². The topological polar surface area (TPSA) is 104 Å². The van der Waals surface area contributed by atoms with Crippen LogP contribution < -0.4 is 9.92 Å². The Morgan fingerprint density at radius 1 is 1.21 bits per heavy atom.